The van der Waals surface area contributed by atoms with Crippen molar-refractivity contribution < 1.29 is 4.92 Å². The van der Waals surface area contributed by atoms with E-state index < -0.39 is 4.92 Å². The van der Waals surface area contributed by atoms with E-state index in [1.54, 1.807) is 11.3 Å². The standard InChI is InChI=1S/C13H9ClN4O2S/c1-17(12-3-2-4-21-12)13-8-5-11(18(19)20)9(14)6-10(8)15-7-16-13/h2-7H,1H3. The van der Waals surface area contributed by atoms with Crippen molar-refractivity contribution in [3.63, 3.8) is 0 Å². The molecule has 0 saturated heterocycles. The second kappa shape index (κ2) is 5.27. The summed E-state index contributed by atoms with van der Waals surface area (Å²) in [5.41, 5.74) is 0.416. The van der Waals surface area contributed by atoms with Crippen LogP contribution in [0.4, 0.5) is 16.5 Å². The maximum Gasteiger partial charge on any atom is 0.288 e. The van der Waals surface area contributed by atoms with Crippen molar-refractivity contribution in [2.75, 3.05) is 11.9 Å². The van der Waals surface area contributed by atoms with Crippen LogP contribution in [-0.2, 0) is 0 Å². The third kappa shape index (κ3) is 2.41. The summed E-state index contributed by atoms with van der Waals surface area (Å²) >= 11 is 7.47. The highest BCUT2D eigenvalue weighted by Gasteiger charge is 2.18. The molecule has 1 aromatic carbocycles. The van der Waals surface area contributed by atoms with Crippen LogP contribution in [0, 0.1) is 10.1 Å². The van der Waals surface area contributed by atoms with Crippen LogP contribution < -0.4 is 4.90 Å². The predicted octanol–water partition coefficient (Wildman–Crippen LogP) is 4.02. The number of halogens is 1. The number of anilines is 2. The molecule has 0 aliphatic rings. The number of hydrogen-bond donors (Lipinski definition) is 0. The van der Waals surface area contributed by atoms with Crippen molar-refractivity contribution in [2.24, 2.45) is 0 Å². The Hall–Kier alpha value is -2.25. The van der Waals surface area contributed by atoms with Crippen molar-refractivity contribution >= 4 is 50.3 Å². The van der Waals surface area contributed by atoms with Gasteiger partial charge in [0.25, 0.3) is 5.69 Å². The van der Waals surface area contributed by atoms with Gasteiger partial charge in [-0.1, -0.05) is 11.6 Å². The van der Waals surface area contributed by atoms with Gasteiger partial charge in [-0.3, -0.25) is 10.1 Å². The molecular weight excluding hydrogens is 312 g/mol. The van der Waals surface area contributed by atoms with Crippen molar-refractivity contribution in [1.82, 2.24) is 9.97 Å². The number of hydrogen-bond acceptors (Lipinski definition) is 6. The molecule has 3 aromatic rings. The number of benzene rings is 1. The summed E-state index contributed by atoms with van der Waals surface area (Å²) in [6.07, 6.45) is 1.42. The van der Waals surface area contributed by atoms with E-state index in [9.17, 15) is 10.1 Å². The Morgan fingerprint density at radius 2 is 2.19 bits per heavy atom. The molecular formula is C13H9ClN4O2S. The van der Waals surface area contributed by atoms with Crippen LogP contribution in [0.15, 0.2) is 36.0 Å². The third-order valence-corrected chi connectivity index (χ3v) is 4.28. The maximum absolute atomic E-state index is 11.0. The number of aromatic nitrogens is 2. The quantitative estimate of drug-likeness (QED) is 0.538. The zero-order valence-corrected chi connectivity index (χ0v) is 12.4. The van der Waals surface area contributed by atoms with Gasteiger partial charge < -0.3 is 4.90 Å². The average molecular weight is 321 g/mol. The zero-order chi connectivity index (χ0) is 15.0. The summed E-state index contributed by atoms with van der Waals surface area (Å²) < 4.78 is 0. The summed E-state index contributed by atoms with van der Waals surface area (Å²) in [5.74, 6) is 0.599. The number of fused-ring (bicyclic) bond motifs is 1. The molecule has 21 heavy (non-hydrogen) atoms. The number of thiophene rings is 1. The van der Waals surface area contributed by atoms with Crippen LogP contribution in [0.2, 0.25) is 5.02 Å². The van der Waals surface area contributed by atoms with Crippen LogP contribution in [-0.4, -0.2) is 21.9 Å². The molecule has 0 spiro atoms. The van der Waals surface area contributed by atoms with Crippen molar-refractivity contribution in [3.05, 3.63) is 51.1 Å². The topological polar surface area (TPSA) is 72.2 Å². The van der Waals surface area contributed by atoms with Crippen molar-refractivity contribution in [1.29, 1.82) is 0 Å². The Morgan fingerprint density at radius 3 is 2.86 bits per heavy atom. The Labute approximate surface area is 128 Å². The molecule has 0 radical (unpaired) electrons. The third-order valence-electron chi connectivity index (χ3n) is 3.03. The first-order chi connectivity index (χ1) is 10.1. The molecule has 0 fully saturated rings. The van der Waals surface area contributed by atoms with E-state index in [0.29, 0.717) is 16.7 Å². The smallest absolute Gasteiger partial charge is 0.288 e. The molecule has 0 amide bonds. The Kier molecular flexibility index (Phi) is 3.44. The number of nitrogens with zero attached hydrogens (tertiary/aromatic N) is 4. The predicted molar refractivity (Wildman–Crippen MR) is 83.6 cm³/mol. The lowest BCUT2D eigenvalue weighted by atomic mass is 10.2. The summed E-state index contributed by atoms with van der Waals surface area (Å²) in [4.78, 5) is 20.8. The minimum atomic E-state index is -0.510. The molecule has 0 N–H and O–H groups in total. The highest BCUT2D eigenvalue weighted by Crippen LogP contribution is 2.35. The van der Waals surface area contributed by atoms with Crippen molar-refractivity contribution in [3.8, 4) is 0 Å². The van der Waals surface area contributed by atoms with Crippen molar-refractivity contribution in [2.45, 2.75) is 0 Å². The number of rotatable bonds is 3. The SMILES string of the molecule is CN(c1cccs1)c1ncnc2cc(Cl)c([N+](=O)[O-])cc12. The van der Waals surface area contributed by atoms with E-state index in [0.717, 1.165) is 5.00 Å². The summed E-state index contributed by atoms with van der Waals surface area (Å²) in [6, 6.07) is 6.78. The molecule has 3 rings (SSSR count). The lowest BCUT2D eigenvalue weighted by Gasteiger charge is -2.17. The van der Waals surface area contributed by atoms with E-state index >= 15 is 0 Å². The fraction of sp³-hybridized carbons (Fsp3) is 0.0769. The lowest BCUT2D eigenvalue weighted by Crippen LogP contribution is -2.10. The molecule has 0 saturated carbocycles. The largest absolute Gasteiger partial charge is 0.321 e. The van der Waals surface area contributed by atoms with E-state index in [4.69, 9.17) is 11.6 Å². The fourth-order valence-corrected chi connectivity index (χ4v) is 2.95. The Balaban J connectivity index is 2.23. The van der Waals surface area contributed by atoms with Gasteiger partial charge in [-0.2, -0.15) is 0 Å². The molecule has 2 heterocycles. The molecule has 6 nitrogen and oxygen atoms in total. The lowest BCUT2D eigenvalue weighted by molar-refractivity contribution is -0.384. The molecule has 0 atom stereocenters. The summed E-state index contributed by atoms with van der Waals surface area (Å²) in [7, 11) is 1.86. The van der Waals surface area contributed by atoms with Gasteiger partial charge in [0.15, 0.2) is 0 Å². The van der Waals surface area contributed by atoms with E-state index in [2.05, 4.69) is 9.97 Å². The second-order valence-corrected chi connectivity index (χ2v) is 5.62. The van der Waals surface area contributed by atoms with Gasteiger partial charge >= 0.3 is 0 Å². The van der Waals surface area contributed by atoms with E-state index in [-0.39, 0.29) is 10.7 Å². The molecule has 0 unspecified atom stereocenters. The molecule has 0 aliphatic heterocycles. The van der Waals surface area contributed by atoms with Crippen LogP contribution in [0.25, 0.3) is 10.9 Å². The first kappa shape index (κ1) is 13.7. The fourth-order valence-electron chi connectivity index (χ4n) is 2.02. The summed E-state index contributed by atoms with van der Waals surface area (Å²) in [5, 5.41) is 14.6. The average Bonchev–Trinajstić information content (AvgIpc) is 2.99. The highest BCUT2D eigenvalue weighted by molar-refractivity contribution is 7.14. The molecule has 106 valence electrons. The minimum Gasteiger partial charge on any atom is -0.321 e. The molecule has 0 bridgehead atoms. The minimum absolute atomic E-state index is 0.0657. The molecule has 8 heteroatoms. The van der Waals surface area contributed by atoms with Crippen LogP contribution in [0.3, 0.4) is 0 Å². The number of nitro benzene ring substituents is 1. The van der Waals surface area contributed by atoms with Gasteiger partial charge in [-0.15, -0.1) is 11.3 Å². The van der Waals surface area contributed by atoms with Crippen LogP contribution in [0.5, 0.6) is 0 Å². The Morgan fingerprint density at radius 1 is 1.38 bits per heavy atom. The van der Waals surface area contributed by atoms with Crippen LogP contribution in [0.1, 0.15) is 0 Å². The zero-order valence-electron chi connectivity index (χ0n) is 10.9. The van der Waals surface area contributed by atoms with Gasteiger partial charge in [-0.25, -0.2) is 9.97 Å². The second-order valence-electron chi connectivity index (χ2n) is 4.29. The molecule has 2 aromatic heterocycles. The van der Waals surface area contributed by atoms with Crippen LogP contribution >= 0.6 is 22.9 Å². The maximum atomic E-state index is 11.0. The van der Waals surface area contributed by atoms with E-state index in [1.165, 1.54) is 18.5 Å². The van der Waals surface area contributed by atoms with E-state index in [1.807, 2.05) is 29.5 Å². The Bertz CT molecular complexity index is 822. The van der Waals surface area contributed by atoms with Gasteiger partial charge in [-0.05, 0) is 23.6 Å². The summed E-state index contributed by atoms with van der Waals surface area (Å²) in [6.45, 7) is 0. The van der Waals surface area contributed by atoms with Gasteiger partial charge in [0.1, 0.15) is 17.2 Å². The van der Waals surface area contributed by atoms with Gasteiger partial charge in [0, 0.05) is 13.1 Å². The number of nitro groups is 1. The molecule has 0 aliphatic carbocycles. The first-order valence-electron chi connectivity index (χ1n) is 5.94. The first-order valence-corrected chi connectivity index (χ1v) is 7.19. The normalized spacial score (nSPS) is 10.8. The van der Waals surface area contributed by atoms with Gasteiger partial charge in [0.2, 0.25) is 0 Å². The van der Waals surface area contributed by atoms with Gasteiger partial charge in [0.05, 0.1) is 20.8 Å². The monoisotopic (exact) mass is 320 g/mol. The highest BCUT2D eigenvalue weighted by atomic mass is 35.5.